The fourth-order valence-corrected chi connectivity index (χ4v) is 6.38. The maximum Gasteiger partial charge on any atom is 0.220 e. The number of ether oxygens (including phenoxy) is 1. The van der Waals surface area contributed by atoms with E-state index < -0.39 is 0 Å². The molecule has 2 aliphatic heterocycles. The van der Waals surface area contributed by atoms with Crippen molar-refractivity contribution in [2.45, 2.75) is 71.1 Å². The second-order valence-electron chi connectivity index (χ2n) is 12.1. The molecule has 4 rings (SSSR count). The lowest BCUT2D eigenvalue weighted by atomic mass is 9.81. The van der Waals surface area contributed by atoms with Gasteiger partial charge in [0.1, 0.15) is 13.1 Å². The summed E-state index contributed by atoms with van der Waals surface area (Å²) in [6.45, 7) is 14.6. The first-order valence-corrected chi connectivity index (χ1v) is 15.4. The van der Waals surface area contributed by atoms with Crippen molar-refractivity contribution in [3.63, 3.8) is 0 Å². The summed E-state index contributed by atoms with van der Waals surface area (Å²) < 4.78 is 7.72. The van der Waals surface area contributed by atoms with Gasteiger partial charge in [-0.05, 0) is 51.3 Å². The Morgan fingerprint density at radius 1 is 0.976 bits per heavy atom. The number of benzene rings is 2. The number of hydrogen-bond donors (Lipinski definition) is 1. The summed E-state index contributed by atoms with van der Waals surface area (Å²) in [4.78, 5) is 24.7. The zero-order valence-electron chi connectivity index (χ0n) is 26.0. The Kier molecular flexibility index (Phi) is 10.5. The zero-order valence-corrected chi connectivity index (χ0v) is 26.0. The molecule has 2 aromatic carbocycles. The number of carbonyl (C=O) groups is 1. The molecule has 1 N–H and O–H groups in total. The molecule has 2 aliphatic rings. The third kappa shape index (κ3) is 6.73. The molecule has 0 fully saturated rings. The molecule has 0 bridgehead atoms. The third-order valence-electron chi connectivity index (χ3n) is 8.60. The topological polar surface area (TPSA) is 74.0 Å². The molecule has 0 saturated carbocycles. The molecule has 2 aromatic rings. The van der Waals surface area contributed by atoms with E-state index in [1.165, 1.54) is 33.9 Å². The summed E-state index contributed by atoms with van der Waals surface area (Å²) in [5, 5.41) is 5.64. The van der Waals surface area contributed by atoms with Crippen LogP contribution < -0.4 is 10.2 Å². The van der Waals surface area contributed by atoms with Crippen molar-refractivity contribution in [1.29, 1.82) is 0 Å². The lowest BCUT2D eigenvalue weighted by Gasteiger charge is -2.25. The molecular formula is C35H47N4O3+. The predicted molar refractivity (Wildman–Crippen MR) is 172 cm³/mol. The third-order valence-corrected chi connectivity index (χ3v) is 8.60. The van der Waals surface area contributed by atoms with Crippen LogP contribution in [0.5, 0.6) is 0 Å². The Morgan fingerprint density at radius 3 is 2.48 bits per heavy atom. The Morgan fingerprint density at radius 2 is 1.71 bits per heavy atom. The number of unbranched alkanes of at least 4 members (excludes halogenated alkanes) is 2. The van der Waals surface area contributed by atoms with E-state index in [0.717, 1.165) is 32.4 Å². The number of allylic oxidation sites excluding steroid dienone is 4. The van der Waals surface area contributed by atoms with Crippen LogP contribution >= 0.6 is 0 Å². The molecule has 224 valence electrons. The lowest BCUT2D eigenvalue weighted by Crippen LogP contribution is -2.28. The van der Waals surface area contributed by atoms with Gasteiger partial charge in [0, 0.05) is 60.4 Å². The summed E-state index contributed by atoms with van der Waals surface area (Å²) in [6.07, 6.45) is 10.2. The van der Waals surface area contributed by atoms with Gasteiger partial charge in [-0.15, -0.1) is 0 Å². The van der Waals surface area contributed by atoms with E-state index in [9.17, 15) is 9.70 Å². The van der Waals surface area contributed by atoms with Gasteiger partial charge in [0.2, 0.25) is 11.6 Å². The number of para-hydroxylation sites is 2. The quantitative estimate of drug-likeness (QED) is 0.145. The van der Waals surface area contributed by atoms with Crippen molar-refractivity contribution in [2.24, 2.45) is 5.18 Å². The van der Waals surface area contributed by atoms with Crippen molar-refractivity contribution in [1.82, 2.24) is 5.32 Å². The maximum atomic E-state index is 12.2. The molecule has 7 nitrogen and oxygen atoms in total. The van der Waals surface area contributed by atoms with E-state index >= 15 is 0 Å². The van der Waals surface area contributed by atoms with Gasteiger partial charge in [0.25, 0.3) is 0 Å². The number of fused-ring (bicyclic) bond motifs is 2. The van der Waals surface area contributed by atoms with E-state index in [0.29, 0.717) is 26.2 Å². The van der Waals surface area contributed by atoms with E-state index in [4.69, 9.17) is 4.74 Å². The van der Waals surface area contributed by atoms with Crippen LogP contribution in [0, 0.1) is 4.91 Å². The fraction of sp³-hybridized carbons (Fsp3) is 0.486. The highest BCUT2D eigenvalue weighted by molar-refractivity contribution is 6.03. The van der Waals surface area contributed by atoms with Gasteiger partial charge in [-0.3, -0.25) is 4.79 Å². The van der Waals surface area contributed by atoms with Gasteiger partial charge in [-0.1, -0.05) is 61.5 Å². The number of rotatable bonds is 15. The predicted octanol–water partition coefficient (Wildman–Crippen LogP) is 6.78. The Bertz CT molecular complexity index is 1360. The SMILES string of the molecule is CCN1/C(=C/C=C/C2=[N+](CCCCCC(=O)NCCOCCN=O)c3ccccc3C2(C)C)C(C)(C)c2ccccc21. The van der Waals surface area contributed by atoms with Crippen LogP contribution in [0.1, 0.15) is 71.4 Å². The van der Waals surface area contributed by atoms with Crippen LogP contribution in [-0.2, 0) is 20.4 Å². The largest absolute Gasteiger partial charge is 0.378 e. The summed E-state index contributed by atoms with van der Waals surface area (Å²) in [5.41, 5.74) is 7.79. The van der Waals surface area contributed by atoms with Crippen LogP contribution in [0.15, 0.2) is 77.6 Å². The van der Waals surface area contributed by atoms with Crippen molar-refractivity contribution < 1.29 is 14.1 Å². The van der Waals surface area contributed by atoms with E-state index in [2.05, 4.69) is 121 Å². The summed E-state index contributed by atoms with van der Waals surface area (Å²) >= 11 is 0. The minimum Gasteiger partial charge on any atom is -0.378 e. The number of anilines is 1. The van der Waals surface area contributed by atoms with Crippen LogP contribution in [0.4, 0.5) is 11.4 Å². The Labute approximate surface area is 251 Å². The number of hydrogen-bond acceptors (Lipinski definition) is 5. The molecule has 0 atom stereocenters. The second-order valence-corrected chi connectivity index (χ2v) is 12.1. The Balaban J connectivity index is 1.43. The minimum absolute atomic E-state index is 0.0427. The Hall–Kier alpha value is -3.58. The average molecular weight is 572 g/mol. The van der Waals surface area contributed by atoms with Crippen LogP contribution in [-0.4, -0.2) is 55.6 Å². The van der Waals surface area contributed by atoms with Crippen molar-refractivity contribution in [3.05, 3.63) is 88.5 Å². The van der Waals surface area contributed by atoms with Gasteiger partial charge in [0.15, 0.2) is 5.71 Å². The minimum atomic E-state index is -0.103. The van der Waals surface area contributed by atoms with Crippen molar-refractivity contribution in [2.75, 3.05) is 44.3 Å². The smallest absolute Gasteiger partial charge is 0.220 e. The summed E-state index contributed by atoms with van der Waals surface area (Å²) in [5.74, 6) is 0.0427. The summed E-state index contributed by atoms with van der Waals surface area (Å²) in [7, 11) is 0. The first-order valence-electron chi connectivity index (χ1n) is 15.4. The summed E-state index contributed by atoms with van der Waals surface area (Å²) in [6, 6.07) is 17.5. The lowest BCUT2D eigenvalue weighted by molar-refractivity contribution is -0.438. The molecule has 0 radical (unpaired) electrons. The van der Waals surface area contributed by atoms with Gasteiger partial charge in [0.05, 0.1) is 18.6 Å². The molecule has 42 heavy (non-hydrogen) atoms. The van der Waals surface area contributed by atoms with Crippen LogP contribution in [0.3, 0.4) is 0 Å². The maximum absolute atomic E-state index is 12.2. The number of nitrogens with one attached hydrogen (secondary N) is 1. The van der Waals surface area contributed by atoms with E-state index in [1.54, 1.807) is 0 Å². The molecule has 0 aliphatic carbocycles. The number of nitrogens with zero attached hydrogens (tertiary/aromatic N) is 3. The van der Waals surface area contributed by atoms with Gasteiger partial charge < -0.3 is 15.0 Å². The van der Waals surface area contributed by atoms with Crippen LogP contribution in [0.2, 0.25) is 0 Å². The number of carbonyl (C=O) groups excluding carboxylic acids is 1. The normalized spacial score (nSPS) is 17.6. The molecule has 0 unspecified atom stereocenters. The average Bonchev–Trinajstić information content (AvgIpc) is 3.33. The highest BCUT2D eigenvalue weighted by Gasteiger charge is 2.44. The molecule has 0 spiro atoms. The molecule has 0 aromatic heterocycles. The van der Waals surface area contributed by atoms with E-state index in [-0.39, 0.29) is 23.3 Å². The molecule has 2 heterocycles. The highest BCUT2D eigenvalue weighted by atomic mass is 16.5. The van der Waals surface area contributed by atoms with Gasteiger partial charge >= 0.3 is 0 Å². The molecule has 1 amide bonds. The molecule has 7 heteroatoms. The number of nitroso groups, excluding NO2 is 1. The number of amides is 1. The monoisotopic (exact) mass is 571 g/mol. The standard InChI is InChI=1S/C35H46N4O3/c1-6-38-29-17-11-9-15-27(29)34(2,3)31(38)19-14-20-32-35(4,5)28-16-10-12-18-30(28)39(32)24-13-7-8-21-33(40)36-22-25-42-26-23-37-41/h9-12,14-20H,6-8,13,21-26H2,1-5H3/p+1. The highest BCUT2D eigenvalue weighted by Crippen LogP contribution is 2.47. The first-order chi connectivity index (χ1) is 20.2. The zero-order chi connectivity index (χ0) is 30.2. The van der Waals surface area contributed by atoms with Crippen molar-refractivity contribution in [3.8, 4) is 0 Å². The number of likely N-dealkylation sites (N-methyl/N-ethyl adjacent to an activating group) is 1. The molecule has 0 saturated heterocycles. The second kappa shape index (κ2) is 14.1. The van der Waals surface area contributed by atoms with Gasteiger partial charge in [-0.2, -0.15) is 9.48 Å². The van der Waals surface area contributed by atoms with E-state index in [1.807, 2.05) is 0 Å². The molecular weight excluding hydrogens is 524 g/mol. The first kappa shape index (κ1) is 31.4. The van der Waals surface area contributed by atoms with Gasteiger partial charge in [-0.25, -0.2) is 0 Å². The van der Waals surface area contributed by atoms with Crippen LogP contribution in [0.25, 0.3) is 0 Å². The van der Waals surface area contributed by atoms with Crippen molar-refractivity contribution >= 4 is 23.0 Å². The fourth-order valence-electron chi connectivity index (χ4n) is 6.38.